The smallest absolute Gasteiger partial charge is 0.00496 e. The van der Waals surface area contributed by atoms with Gasteiger partial charge in [0, 0.05) is 6.04 Å². The van der Waals surface area contributed by atoms with Crippen LogP contribution in [0.15, 0.2) is 0 Å². The summed E-state index contributed by atoms with van der Waals surface area (Å²) in [5.74, 6) is 0.955. The predicted octanol–water partition coefficient (Wildman–Crippen LogP) is 2.30. The molecule has 0 aromatic heterocycles. The molecule has 11 heavy (non-hydrogen) atoms. The largest absolute Gasteiger partial charge is 0.328 e. The summed E-state index contributed by atoms with van der Waals surface area (Å²) in [4.78, 5) is 0. The number of hydrogen-bond donors (Lipinski definition) is 1. The zero-order valence-electron chi connectivity index (χ0n) is 7.47. The van der Waals surface area contributed by atoms with Gasteiger partial charge in [-0.25, -0.2) is 0 Å². The van der Waals surface area contributed by atoms with Crippen molar-refractivity contribution in [2.75, 3.05) is 0 Å². The van der Waals surface area contributed by atoms with E-state index in [0.717, 1.165) is 5.92 Å². The first kappa shape index (κ1) is 7.60. The summed E-state index contributed by atoms with van der Waals surface area (Å²) in [6, 6.07) is 0.538. The molecular formula is C10H19N. The maximum absolute atomic E-state index is 5.85. The fourth-order valence-corrected chi connectivity index (χ4v) is 3.07. The third-order valence-electron chi connectivity index (χ3n) is 3.94. The molecule has 1 heteroatoms. The second-order valence-corrected chi connectivity index (χ2v) is 4.68. The Labute approximate surface area is 69.4 Å². The molecule has 0 aromatic rings. The zero-order chi connectivity index (χ0) is 7.90. The van der Waals surface area contributed by atoms with Crippen LogP contribution in [-0.4, -0.2) is 6.04 Å². The molecule has 2 rings (SSSR count). The zero-order valence-corrected chi connectivity index (χ0v) is 7.47. The van der Waals surface area contributed by atoms with E-state index in [2.05, 4.69) is 6.92 Å². The van der Waals surface area contributed by atoms with E-state index in [0.29, 0.717) is 11.5 Å². The first-order valence-corrected chi connectivity index (χ1v) is 4.98. The van der Waals surface area contributed by atoms with Crippen LogP contribution in [0.25, 0.3) is 0 Å². The molecule has 0 heterocycles. The fraction of sp³-hybridized carbons (Fsp3) is 1.00. The Kier molecular flexibility index (Phi) is 1.71. The highest BCUT2D eigenvalue weighted by molar-refractivity contribution is 5.00. The van der Waals surface area contributed by atoms with Crippen LogP contribution < -0.4 is 5.73 Å². The van der Waals surface area contributed by atoms with Gasteiger partial charge in [0.05, 0.1) is 0 Å². The van der Waals surface area contributed by atoms with E-state index in [9.17, 15) is 0 Å². The van der Waals surface area contributed by atoms with Crippen molar-refractivity contribution in [1.29, 1.82) is 0 Å². The van der Waals surface area contributed by atoms with E-state index in [-0.39, 0.29) is 0 Å². The SMILES string of the molecule is CC1CCCCC12CC(N)C2. The number of nitrogens with two attached hydrogens (primary N) is 1. The molecule has 1 nitrogen and oxygen atoms in total. The average molecular weight is 153 g/mol. The quantitative estimate of drug-likeness (QED) is 0.568. The van der Waals surface area contributed by atoms with Crippen LogP contribution in [0, 0.1) is 11.3 Å². The third-order valence-corrected chi connectivity index (χ3v) is 3.94. The molecule has 64 valence electrons. The Hall–Kier alpha value is -0.0400. The normalized spacial score (nSPS) is 50.7. The molecule has 2 N–H and O–H groups in total. The summed E-state index contributed by atoms with van der Waals surface area (Å²) in [5, 5.41) is 0. The topological polar surface area (TPSA) is 26.0 Å². The Morgan fingerprint density at radius 3 is 2.55 bits per heavy atom. The highest BCUT2D eigenvalue weighted by Crippen LogP contribution is 2.54. The Balaban J connectivity index is 2.00. The lowest BCUT2D eigenvalue weighted by molar-refractivity contribution is -0.0000909. The van der Waals surface area contributed by atoms with Crippen LogP contribution in [0.4, 0.5) is 0 Å². The summed E-state index contributed by atoms with van der Waals surface area (Å²) < 4.78 is 0. The molecule has 2 fully saturated rings. The van der Waals surface area contributed by atoms with Gasteiger partial charge in [0.2, 0.25) is 0 Å². The van der Waals surface area contributed by atoms with Crippen molar-refractivity contribution in [3.63, 3.8) is 0 Å². The van der Waals surface area contributed by atoms with Gasteiger partial charge in [0.25, 0.3) is 0 Å². The summed E-state index contributed by atoms with van der Waals surface area (Å²) in [7, 11) is 0. The molecule has 0 bridgehead atoms. The van der Waals surface area contributed by atoms with E-state index >= 15 is 0 Å². The Morgan fingerprint density at radius 1 is 1.27 bits per heavy atom. The molecule has 0 aliphatic heterocycles. The molecule has 0 saturated heterocycles. The van der Waals surface area contributed by atoms with E-state index < -0.39 is 0 Å². The van der Waals surface area contributed by atoms with Gasteiger partial charge in [0.1, 0.15) is 0 Å². The van der Waals surface area contributed by atoms with Crippen molar-refractivity contribution >= 4 is 0 Å². The lowest BCUT2D eigenvalue weighted by Crippen LogP contribution is -2.50. The molecule has 2 aliphatic carbocycles. The molecule has 1 atom stereocenters. The maximum Gasteiger partial charge on any atom is 0.00496 e. The average Bonchev–Trinajstić information content (AvgIpc) is 1.92. The molecule has 0 amide bonds. The van der Waals surface area contributed by atoms with E-state index in [1.807, 2.05) is 0 Å². The van der Waals surface area contributed by atoms with Gasteiger partial charge in [-0.2, -0.15) is 0 Å². The van der Waals surface area contributed by atoms with Gasteiger partial charge in [-0.1, -0.05) is 26.2 Å². The maximum atomic E-state index is 5.85. The van der Waals surface area contributed by atoms with E-state index in [1.54, 1.807) is 0 Å². The standard InChI is InChI=1S/C10H19N/c1-8-4-2-3-5-10(8)6-9(11)7-10/h8-9H,2-7,11H2,1H3. The summed E-state index contributed by atoms with van der Waals surface area (Å²) >= 11 is 0. The first-order chi connectivity index (χ1) is 5.23. The van der Waals surface area contributed by atoms with Crippen LogP contribution >= 0.6 is 0 Å². The van der Waals surface area contributed by atoms with Crippen molar-refractivity contribution in [3.8, 4) is 0 Å². The third kappa shape index (κ3) is 1.10. The minimum Gasteiger partial charge on any atom is -0.328 e. The molecule has 2 aliphatic rings. The Bertz CT molecular complexity index is 141. The van der Waals surface area contributed by atoms with Crippen LogP contribution in [0.2, 0.25) is 0 Å². The lowest BCUT2D eigenvalue weighted by Gasteiger charge is -2.53. The molecule has 0 aromatic carbocycles. The molecule has 2 saturated carbocycles. The fourth-order valence-electron chi connectivity index (χ4n) is 3.07. The summed E-state index contributed by atoms with van der Waals surface area (Å²) in [6.07, 6.45) is 8.45. The van der Waals surface area contributed by atoms with Crippen molar-refractivity contribution in [3.05, 3.63) is 0 Å². The van der Waals surface area contributed by atoms with Crippen molar-refractivity contribution in [1.82, 2.24) is 0 Å². The highest BCUT2D eigenvalue weighted by Gasteiger charge is 2.46. The molecule has 0 radical (unpaired) electrons. The van der Waals surface area contributed by atoms with Gasteiger partial charge in [0.15, 0.2) is 0 Å². The molecule has 1 spiro atoms. The second-order valence-electron chi connectivity index (χ2n) is 4.68. The Morgan fingerprint density at radius 2 is 2.00 bits per heavy atom. The van der Waals surface area contributed by atoms with E-state index in [1.165, 1.54) is 38.5 Å². The van der Waals surface area contributed by atoms with Gasteiger partial charge < -0.3 is 5.73 Å². The van der Waals surface area contributed by atoms with E-state index in [4.69, 9.17) is 5.73 Å². The minimum atomic E-state index is 0.538. The lowest BCUT2D eigenvalue weighted by atomic mass is 9.54. The van der Waals surface area contributed by atoms with Crippen molar-refractivity contribution in [2.24, 2.45) is 17.1 Å². The van der Waals surface area contributed by atoms with Crippen LogP contribution in [-0.2, 0) is 0 Å². The highest BCUT2D eigenvalue weighted by atomic mass is 14.7. The van der Waals surface area contributed by atoms with Crippen LogP contribution in [0.3, 0.4) is 0 Å². The van der Waals surface area contributed by atoms with Gasteiger partial charge in [-0.05, 0) is 30.6 Å². The minimum absolute atomic E-state index is 0.538. The van der Waals surface area contributed by atoms with Crippen molar-refractivity contribution in [2.45, 2.75) is 51.5 Å². The summed E-state index contributed by atoms with van der Waals surface area (Å²) in [6.45, 7) is 2.42. The summed E-state index contributed by atoms with van der Waals surface area (Å²) in [5.41, 5.74) is 6.55. The van der Waals surface area contributed by atoms with Gasteiger partial charge in [-0.3, -0.25) is 0 Å². The first-order valence-electron chi connectivity index (χ1n) is 4.98. The van der Waals surface area contributed by atoms with Gasteiger partial charge >= 0.3 is 0 Å². The molecular weight excluding hydrogens is 134 g/mol. The van der Waals surface area contributed by atoms with Crippen LogP contribution in [0.1, 0.15) is 45.4 Å². The van der Waals surface area contributed by atoms with Gasteiger partial charge in [-0.15, -0.1) is 0 Å². The predicted molar refractivity (Wildman–Crippen MR) is 47.3 cm³/mol. The van der Waals surface area contributed by atoms with Crippen LogP contribution in [0.5, 0.6) is 0 Å². The number of rotatable bonds is 0. The second kappa shape index (κ2) is 2.48. The van der Waals surface area contributed by atoms with Crippen molar-refractivity contribution < 1.29 is 0 Å². The monoisotopic (exact) mass is 153 g/mol. The number of hydrogen-bond acceptors (Lipinski definition) is 1. The molecule has 1 unspecified atom stereocenters.